The van der Waals surface area contributed by atoms with Crippen LogP contribution in [0, 0.1) is 6.92 Å². The molecular formula is C10H10BrN3O2S. The number of hydrogen-bond acceptors (Lipinski definition) is 3. The van der Waals surface area contributed by atoms with E-state index in [2.05, 4.69) is 30.8 Å². The minimum Gasteiger partial charge on any atom is -0.264 e. The molecule has 0 fully saturated rings. The Balaban J connectivity index is 2.41. The summed E-state index contributed by atoms with van der Waals surface area (Å²) in [4.78, 5) is 0.237. The number of halogens is 1. The van der Waals surface area contributed by atoms with E-state index in [9.17, 15) is 8.42 Å². The van der Waals surface area contributed by atoms with Gasteiger partial charge in [0, 0.05) is 10.5 Å². The first-order valence-corrected chi connectivity index (χ1v) is 7.05. The normalized spacial score (nSPS) is 11.4. The molecule has 7 heteroatoms. The number of anilines is 1. The average molecular weight is 316 g/mol. The van der Waals surface area contributed by atoms with Crippen LogP contribution in [0.2, 0.25) is 0 Å². The molecule has 17 heavy (non-hydrogen) atoms. The monoisotopic (exact) mass is 315 g/mol. The van der Waals surface area contributed by atoms with Gasteiger partial charge in [0.2, 0.25) is 0 Å². The van der Waals surface area contributed by atoms with Gasteiger partial charge in [-0.05, 0) is 24.6 Å². The van der Waals surface area contributed by atoms with Gasteiger partial charge in [-0.25, -0.2) is 8.42 Å². The number of benzene rings is 1. The van der Waals surface area contributed by atoms with Crippen LogP contribution in [0.5, 0.6) is 0 Å². The predicted octanol–water partition coefficient (Wildman–Crippen LogP) is 2.28. The van der Waals surface area contributed by atoms with Crippen molar-refractivity contribution < 1.29 is 8.42 Å². The summed E-state index contributed by atoms with van der Waals surface area (Å²) < 4.78 is 27.3. The molecule has 0 atom stereocenters. The first-order valence-electron chi connectivity index (χ1n) is 4.77. The predicted molar refractivity (Wildman–Crippen MR) is 68.3 cm³/mol. The Bertz CT molecular complexity index is 623. The van der Waals surface area contributed by atoms with E-state index >= 15 is 0 Å². The topological polar surface area (TPSA) is 74.8 Å². The van der Waals surface area contributed by atoms with Crippen LogP contribution in [-0.4, -0.2) is 18.6 Å². The highest BCUT2D eigenvalue weighted by molar-refractivity contribution is 9.10. The highest BCUT2D eigenvalue weighted by Gasteiger charge is 2.17. The molecule has 2 aromatic rings. The summed E-state index contributed by atoms with van der Waals surface area (Å²) in [5.74, 6) is 0.337. The third kappa shape index (κ3) is 2.67. The minimum atomic E-state index is -3.59. The number of hydrogen-bond donors (Lipinski definition) is 2. The van der Waals surface area contributed by atoms with Crippen LogP contribution < -0.4 is 4.72 Å². The third-order valence-electron chi connectivity index (χ3n) is 2.18. The molecule has 1 aromatic heterocycles. The number of rotatable bonds is 3. The molecule has 0 radical (unpaired) electrons. The van der Waals surface area contributed by atoms with E-state index in [4.69, 9.17) is 0 Å². The Kier molecular flexibility index (Phi) is 3.21. The standard InChI is InChI=1S/C10H10BrN3O2S/c1-7-2-3-8(11)6-9(7)17(15,16)14-10-4-5-12-13-10/h2-6H,1H3,(H2,12,13,14). The molecule has 0 aliphatic heterocycles. The molecule has 1 aromatic carbocycles. The second-order valence-electron chi connectivity index (χ2n) is 3.49. The maximum absolute atomic E-state index is 12.1. The number of aromatic amines is 1. The van der Waals surface area contributed by atoms with Gasteiger partial charge >= 0.3 is 0 Å². The Hall–Kier alpha value is -1.34. The lowest BCUT2D eigenvalue weighted by Gasteiger charge is -2.08. The van der Waals surface area contributed by atoms with Crippen molar-refractivity contribution >= 4 is 31.8 Å². The van der Waals surface area contributed by atoms with Gasteiger partial charge in [-0.1, -0.05) is 22.0 Å². The summed E-state index contributed by atoms with van der Waals surface area (Å²) >= 11 is 3.25. The second kappa shape index (κ2) is 4.50. The van der Waals surface area contributed by atoms with Crippen LogP contribution in [0.15, 0.2) is 39.8 Å². The van der Waals surface area contributed by atoms with Crippen molar-refractivity contribution in [3.05, 3.63) is 40.5 Å². The van der Waals surface area contributed by atoms with Gasteiger partial charge in [0.15, 0.2) is 0 Å². The van der Waals surface area contributed by atoms with Gasteiger partial charge in [0.25, 0.3) is 10.0 Å². The number of sulfonamides is 1. The average Bonchev–Trinajstić information content (AvgIpc) is 2.73. The summed E-state index contributed by atoms with van der Waals surface area (Å²) in [6.45, 7) is 1.74. The number of aryl methyl sites for hydroxylation is 1. The van der Waals surface area contributed by atoms with Crippen molar-refractivity contribution in [3.8, 4) is 0 Å². The largest absolute Gasteiger partial charge is 0.264 e. The lowest BCUT2D eigenvalue weighted by Crippen LogP contribution is -2.14. The van der Waals surface area contributed by atoms with Crippen molar-refractivity contribution in [2.45, 2.75) is 11.8 Å². The third-order valence-corrected chi connectivity index (χ3v) is 4.19. The quantitative estimate of drug-likeness (QED) is 0.912. The van der Waals surface area contributed by atoms with Crippen LogP contribution in [0.3, 0.4) is 0 Å². The summed E-state index contributed by atoms with van der Waals surface area (Å²) in [5, 5.41) is 6.22. The zero-order valence-corrected chi connectivity index (χ0v) is 11.3. The van der Waals surface area contributed by atoms with Gasteiger partial charge in [-0.15, -0.1) is 0 Å². The number of aromatic nitrogens is 2. The van der Waals surface area contributed by atoms with Gasteiger partial charge in [-0.2, -0.15) is 5.10 Å². The zero-order chi connectivity index (χ0) is 12.5. The molecule has 2 N–H and O–H groups in total. The summed E-state index contributed by atoms with van der Waals surface area (Å²) in [6, 6.07) is 6.65. The Labute approximate surface area is 107 Å². The lowest BCUT2D eigenvalue weighted by molar-refractivity contribution is 0.600. The Morgan fingerprint density at radius 1 is 1.35 bits per heavy atom. The zero-order valence-electron chi connectivity index (χ0n) is 8.94. The van der Waals surface area contributed by atoms with Gasteiger partial charge < -0.3 is 0 Å². The fourth-order valence-electron chi connectivity index (χ4n) is 1.38. The molecule has 2 rings (SSSR count). The van der Waals surface area contributed by atoms with Gasteiger partial charge in [0.1, 0.15) is 5.82 Å². The van der Waals surface area contributed by atoms with Crippen LogP contribution in [-0.2, 0) is 10.0 Å². The fraction of sp³-hybridized carbons (Fsp3) is 0.100. The summed E-state index contributed by atoms with van der Waals surface area (Å²) in [6.07, 6.45) is 1.48. The Morgan fingerprint density at radius 2 is 2.12 bits per heavy atom. The Morgan fingerprint density at radius 3 is 2.76 bits per heavy atom. The van der Waals surface area contributed by atoms with E-state index in [1.807, 2.05) is 0 Å². The van der Waals surface area contributed by atoms with E-state index in [0.717, 1.165) is 0 Å². The molecule has 0 unspecified atom stereocenters. The highest BCUT2D eigenvalue weighted by atomic mass is 79.9. The van der Waals surface area contributed by atoms with E-state index in [1.54, 1.807) is 31.2 Å². The first kappa shape index (κ1) is 12.1. The van der Waals surface area contributed by atoms with Crippen LogP contribution in [0.1, 0.15) is 5.56 Å². The molecule has 0 saturated heterocycles. The SMILES string of the molecule is Cc1ccc(Br)cc1S(=O)(=O)Nc1ccn[nH]1. The van der Waals surface area contributed by atoms with Crippen LogP contribution in [0.25, 0.3) is 0 Å². The van der Waals surface area contributed by atoms with E-state index < -0.39 is 10.0 Å². The molecule has 90 valence electrons. The minimum absolute atomic E-state index is 0.237. The van der Waals surface area contributed by atoms with Crippen LogP contribution in [0.4, 0.5) is 5.82 Å². The maximum Gasteiger partial charge on any atom is 0.263 e. The second-order valence-corrected chi connectivity index (χ2v) is 6.05. The summed E-state index contributed by atoms with van der Waals surface area (Å²) in [7, 11) is -3.59. The van der Waals surface area contributed by atoms with Gasteiger partial charge in [0.05, 0.1) is 11.1 Å². The lowest BCUT2D eigenvalue weighted by atomic mass is 10.2. The van der Waals surface area contributed by atoms with Crippen molar-refractivity contribution in [1.82, 2.24) is 10.2 Å². The van der Waals surface area contributed by atoms with E-state index in [-0.39, 0.29) is 4.90 Å². The first-order chi connectivity index (χ1) is 7.99. The van der Waals surface area contributed by atoms with E-state index in [1.165, 1.54) is 6.20 Å². The molecule has 0 spiro atoms. The molecule has 0 aliphatic rings. The molecular weight excluding hydrogens is 306 g/mol. The van der Waals surface area contributed by atoms with Crippen molar-refractivity contribution in [2.75, 3.05) is 4.72 Å². The highest BCUT2D eigenvalue weighted by Crippen LogP contribution is 2.22. The molecule has 0 saturated carbocycles. The fourth-order valence-corrected chi connectivity index (χ4v) is 3.18. The number of nitrogens with one attached hydrogen (secondary N) is 2. The smallest absolute Gasteiger partial charge is 0.263 e. The molecule has 0 bridgehead atoms. The number of nitrogens with zero attached hydrogens (tertiary/aromatic N) is 1. The molecule has 1 heterocycles. The van der Waals surface area contributed by atoms with Crippen molar-refractivity contribution in [1.29, 1.82) is 0 Å². The molecule has 0 amide bonds. The van der Waals surface area contributed by atoms with Gasteiger partial charge in [-0.3, -0.25) is 9.82 Å². The van der Waals surface area contributed by atoms with Crippen molar-refractivity contribution in [2.24, 2.45) is 0 Å². The van der Waals surface area contributed by atoms with Crippen molar-refractivity contribution in [3.63, 3.8) is 0 Å². The number of H-pyrrole nitrogens is 1. The molecule has 0 aliphatic carbocycles. The van der Waals surface area contributed by atoms with E-state index in [0.29, 0.717) is 15.9 Å². The summed E-state index contributed by atoms with van der Waals surface area (Å²) in [5.41, 5.74) is 0.681. The van der Waals surface area contributed by atoms with Crippen LogP contribution >= 0.6 is 15.9 Å². The maximum atomic E-state index is 12.1. The molecule has 5 nitrogen and oxygen atoms in total.